The van der Waals surface area contributed by atoms with Crippen LogP contribution in [0.4, 0.5) is 0 Å². The fraction of sp³-hybridized carbons (Fsp3) is 0.500. The van der Waals surface area contributed by atoms with Gasteiger partial charge in [0.2, 0.25) is 0 Å². The fourth-order valence-electron chi connectivity index (χ4n) is 1.43. The molecule has 0 saturated carbocycles. The van der Waals surface area contributed by atoms with Crippen molar-refractivity contribution in [2.24, 2.45) is 10.7 Å². The van der Waals surface area contributed by atoms with Crippen LogP contribution in [-0.2, 0) is 4.74 Å². The molecule has 0 heterocycles. The van der Waals surface area contributed by atoms with Crippen LogP contribution in [0.2, 0.25) is 0 Å². The first-order valence-corrected chi connectivity index (χ1v) is 6.62. The molecule has 0 saturated heterocycles. The van der Waals surface area contributed by atoms with E-state index in [1.54, 1.807) is 0 Å². The van der Waals surface area contributed by atoms with E-state index in [0.29, 0.717) is 25.7 Å². The van der Waals surface area contributed by atoms with Crippen molar-refractivity contribution in [3.63, 3.8) is 0 Å². The molecule has 6 heteroatoms. The molecule has 0 aliphatic rings. The molecular weight excluding hydrogens is 369 g/mol. The van der Waals surface area contributed by atoms with Crippen molar-refractivity contribution in [2.75, 3.05) is 32.9 Å². The van der Waals surface area contributed by atoms with Gasteiger partial charge in [-0.1, -0.05) is 18.2 Å². The third-order valence-corrected chi connectivity index (χ3v) is 2.35. The van der Waals surface area contributed by atoms with E-state index in [0.717, 1.165) is 25.4 Å². The van der Waals surface area contributed by atoms with Crippen molar-refractivity contribution in [3.8, 4) is 5.75 Å². The predicted octanol–water partition coefficient (Wildman–Crippen LogP) is 2.01. The average molecular weight is 393 g/mol. The number of ether oxygens (including phenoxy) is 2. The van der Waals surface area contributed by atoms with Crippen LogP contribution >= 0.6 is 24.0 Å². The van der Waals surface area contributed by atoms with Gasteiger partial charge in [-0.2, -0.15) is 0 Å². The smallest absolute Gasteiger partial charge is 0.188 e. The highest BCUT2D eigenvalue weighted by Gasteiger charge is 1.93. The van der Waals surface area contributed by atoms with E-state index >= 15 is 0 Å². The second-order valence-electron chi connectivity index (χ2n) is 3.91. The van der Waals surface area contributed by atoms with E-state index in [4.69, 9.17) is 15.2 Å². The first-order chi connectivity index (χ1) is 9.33. The lowest BCUT2D eigenvalue weighted by Gasteiger charge is -2.08. The van der Waals surface area contributed by atoms with Crippen LogP contribution in [0.3, 0.4) is 0 Å². The van der Waals surface area contributed by atoms with Crippen LogP contribution < -0.4 is 15.8 Å². The number of nitrogens with zero attached hydrogens (tertiary/aromatic N) is 1. The molecule has 0 aliphatic heterocycles. The van der Waals surface area contributed by atoms with Crippen molar-refractivity contribution >= 4 is 29.9 Å². The zero-order chi connectivity index (χ0) is 13.8. The first-order valence-electron chi connectivity index (χ1n) is 6.62. The number of hydrogen-bond acceptors (Lipinski definition) is 3. The zero-order valence-corrected chi connectivity index (χ0v) is 14.2. The number of rotatable bonds is 9. The van der Waals surface area contributed by atoms with Gasteiger partial charge in [-0.25, -0.2) is 0 Å². The van der Waals surface area contributed by atoms with Crippen LogP contribution in [0.25, 0.3) is 0 Å². The van der Waals surface area contributed by atoms with Crippen molar-refractivity contribution < 1.29 is 9.47 Å². The van der Waals surface area contributed by atoms with Crippen LogP contribution in [0.1, 0.15) is 13.3 Å². The van der Waals surface area contributed by atoms with Gasteiger partial charge in [0.1, 0.15) is 12.4 Å². The molecule has 0 bridgehead atoms. The normalized spacial score (nSPS) is 10.8. The van der Waals surface area contributed by atoms with Crippen molar-refractivity contribution in [3.05, 3.63) is 30.3 Å². The molecule has 0 radical (unpaired) electrons. The molecule has 5 nitrogen and oxygen atoms in total. The van der Waals surface area contributed by atoms with Gasteiger partial charge in [0.05, 0.1) is 6.54 Å². The van der Waals surface area contributed by atoms with Gasteiger partial charge >= 0.3 is 0 Å². The summed E-state index contributed by atoms with van der Waals surface area (Å²) in [5.41, 5.74) is 5.71. The van der Waals surface area contributed by atoms with Gasteiger partial charge in [0, 0.05) is 19.8 Å². The minimum Gasteiger partial charge on any atom is -0.492 e. The van der Waals surface area contributed by atoms with Gasteiger partial charge < -0.3 is 20.5 Å². The molecule has 0 unspecified atom stereocenters. The minimum absolute atomic E-state index is 0. The Kier molecular flexibility index (Phi) is 12.3. The molecule has 0 aromatic heterocycles. The summed E-state index contributed by atoms with van der Waals surface area (Å²) in [7, 11) is 0. The number of nitrogens with two attached hydrogens (primary N) is 1. The van der Waals surface area contributed by atoms with Gasteiger partial charge in [-0.05, 0) is 25.5 Å². The Balaban J connectivity index is 0.00000361. The molecule has 1 rings (SSSR count). The number of guanidine groups is 1. The molecule has 114 valence electrons. The van der Waals surface area contributed by atoms with E-state index < -0.39 is 0 Å². The summed E-state index contributed by atoms with van der Waals surface area (Å²) in [6.07, 6.45) is 0.886. The lowest BCUT2D eigenvalue weighted by atomic mass is 10.3. The first kappa shape index (κ1) is 19.0. The average Bonchev–Trinajstić information content (AvgIpc) is 2.44. The summed E-state index contributed by atoms with van der Waals surface area (Å²) >= 11 is 0. The summed E-state index contributed by atoms with van der Waals surface area (Å²) < 4.78 is 10.7. The fourth-order valence-corrected chi connectivity index (χ4v) is 1.43. The van der Waals surface area contributed by atoms with Crippen molar-refractivity contribution in [1.29, 1.82) is 0 Å². The molecule has 0 spiro atoms. The Morgan fingerprint density at radius 3 is 2.70 bits per heavy atom. The third kappa shape index (κ3) is 9.85. The summed E-state index contributed by atoms with van der Waals surface area (Å²) in [4.78, 5) is 4.19. The van der Waals surface area contributed by atoms with Gasteiger partial charge in [0.15, 0.2) is 5.96 Å². The van der Waals surface area contributed by atoms with Gasteiger partial charge in [0.25, 0.3) is 0 Å². The molecule has 20 heavy (non-hydrogen) atoms. The Hall–Kier alpha value is -1.02. The number of hydrogen-bond donors (Lipinski definition) is 2. The highest BCUT2D eigenvalue weighted by atomic mass is 127. The SMILES string of the molecule is CCOCCCN=C(N)NCCOc1ccccc1.I. The highest BCUT2D eigenvalue weighted by Crippen LogP contribution is 2.07. The maximum absolute atomic E-state index is 5.71. The third-order valence-electron chi connectivity index (χ3n) is 2.35. The van der Waals surface area contributed by atoms with Crippen molar-refractivity contribution in [2.45, 2.75) is 13.3 Å². The van der Waals surface area contributed by atoms with E-state index in [9.17, 15) is 0 Å². The number of benzene rings is 1. The zero-order valence-electron chi connectivity index (χ0n) is 11.9. The maximum atomic E-state index is 5.71. The summed E-state index contributed by atoms with van der Waals surface area (Å²) in [6, 6.07) is 9.68. The quantitative estimate of drug-likeness (QED) is 0.292. The molecule has 1 aromatic rings. The Morgan fingerprint density at radius 2 is 2.00 bits per heavy atom. The maximum Gasteiger partial charge on any atom is 0.188 e. The lowest BCUT2D eigenvalue weighted by molar-refractivity contribution is 0.146. The van der Waals surface area contributed by atoms with Crippen LogP contribution in [0, 0.1) is 0 Å². The van der Waals surface area contributed by atoms with Crippen LogP contribution in [-0.4, -0.2) is 38.9 Å². The van der Waals surface area contributed by atoms with Crippen LogP contribution in [0.15, 0.2) is 35.3 Å². The van der Waals surface area contributed by atoms with Gasteiger partial charge in [-0.3, -0.25) is 4.99 Å². The standard InChI is InChI=1S/C14H23N3O2.HI/c1-2-18-11-6-9-16-14(15)17-10-12-19-13-7-4-3-5-8-13;/h3-5,7-8H,2,6,9-12H2,1H3,(H3,15,16,17);1H. The summed E-state index contributed by atoms with van der Waals surface area (Å²) in [5.74, 6) is 1.31. The second-order valence-corrected chi connectivity index (χ2v) is 3.91. The number of nitrogens with one attached hydrogen (secondary N) is 1. The minimum atomic E-state index is 0. The molecule has 3 N–H and O–H groups in total. The van der Waals surface area contributed by atoms with Crippen molar-refractivity contribution in [1.82, 2.24) is 5.32 Å². The number of halogens is 1. The summed E-state index contributed by atoms with van der Waals surface area (Å²) in [6.45, 7) is 5.32. The largest absolute Gasteiger partial charge is 0.492 e. The molecule has 0 aliphatic carbocycles. The Bertz CT molecular complexity index is 361. The topological polar surface area (TPSA) is 68.9 Å². The lowest BCUT2D eigenvalue weighted by Crippen LogP contribution is -2.34. The van der Waals surface area contributed by atoms with Gasteiger partial charge in [-0.15, -0.1) is 24.0 Å². The predicted molar refractivity (Wildman–Crippen MR) is 93.0 cm³/mol. The molecule has 0 fully saturated rings. The molecule has 0 atom stereocenters. The Labute approximate surface area is 138 Å². The number of para-hydroxylation sites is 1. The molecule has 1 aromatic carbocycles. The van der Waals surface area contributed by atoms with Crippen LogP contribution in [0.5, 0.6) is 5.75 Å². The second kappa shape index (κ2) is 13.0. The van der Waals surface area contributed by atoms with E-state index in [1.165, 1.54) is 0 Å². The number of aliphatic imine (C=N–C) groups is 1. The Morgan fingerprint density at radius 1 is 1.25 bits per heavy atom. The van der Waals surface area contributed by atoms with E-state index in [2.05, 4.69) is 10.3 Å². The monoisotopic (exact) mass is 393 g/mol. The highest BCUT2D eigenvalue weighted by molar-refractivity contribution is 14.0. The van der Waals surface area contributed by atoms with E-state index in [-0.39, 0.29) is 24.0 Å². The molecular formula is C14H24IN3O2. The summed E-state index contributed by atoms with van der Waals surface area (Å²) in [5, 5.41) is 3.01. The molecule has 0 amide bonds. The van der Waals surface area contributed by atoms with E-state index in [1.807, 2.05) is 37.3 Å².